The lowest BCUT2D eigenvalue weighted by Crippen LogP contribution is -2.37. The number of hydrogen-bond donors (Lipinski definition) is 0. The predicted octanol–water partition coefficient (Wildman–Crippen LogP) is 5.09. The molecule has 0 amide bonds. The van der Waals surface area contributed by atoms with Gasteiger partial charge in [0.2, 0.25) is 0 Å². The van der Waals surface area contributed by atoms with Gasteiger partial charge in [0.1, 0.15) is 5.75 Å². The van der Waals surface area contributed by atoms with Crippen molar-refractivity contribution in [3.8, 4) is 16.9 Å². The third-order valence-corrected chi connectivity index (χ3v) is 5.63. The summed E-state index contributed by atoms with van der Waals surface area (Å²) in [6, 6.07) is 16.4. The monoisotopic (exact) mass is 335 g/mol. The Labute approximate surface area is 151 Å². The first-order valence-electron chi connectivity index (χ1n) is 9.82. The van der Waals surface area contributed by atoms with Gasteiger partial charge >= 0.3 is 0 Å². The standard InChI is InChI=1S/C23H29NO/c1-17(2)25-23-11-8-18(9-12-23)19-5-6-21-16-22(10-7-20(21)15-19)24-13-3-4-14-24/h5-6,8-9,11-12,15,17,22H,3-4,7,10,13-14,16H2,1-2H3. The third kappa shape index (κ3) is 3.74. The summed E-state index contributed by atoms with van der Waals surface area (Å²) in [7, 11) is 0. The van der Waals surface area contributed by atoms with Crippen LogP contribution < -0.4 is 4.74 Å². The molecule has 1 atom stereocenters. The molecule has 0 bridgehead atoms. The van der Waals surface area contributed by atoms with Gasteiger partial charge in [0.15, 0.2) is 0 Å². The summed E-state index contributed by atoms with van der Waals surface area (Å²) in [6.45, 7) is 6.74. The predicted molar refractivity (Wildman–Crippen MR) is 104 cm³/mol. The molecule has 2 heteroatoms. The fourth-order valence-corrected chi connectivity index (χ4v) is 4.33. The molecule has 1 fully saturated rings. The van der Waals surface area contributed by atoms with Crippen LogP contribution in [-0.4, -0.2) is 30.1 Å². The molecule has 2 aromatic rings. The minimum absolute atomic E-state index is 0.221. The minimum atomic E-state index is 0.221. The Kier molecular flexibility index (Phi) is 4.80. The number of likely N-dealkylation sites (tertiary alicyclic amines) is 1. The molecule has 132 valence electrons. The van der Waals surface area contributed by atoms with E-state index in [0.29, 0.717) is 0 Å². The summed E-state index contributed by atoms with van der Waals surface area (Å²) in [5, 5.41) is 0. The van der Waals surface area contributed by atoms with E-state index in [9.17, 15) is 0 Å². The smallest absolute Gasteiger partial charge is 0.119 e. The van der Waals surface area contributed by atoms with Crippen molar-refractivity contribution in [2.45, 2.75) is 58.1 Å². The zero-order valence-corrected chi connectivity index (χ0v) is 15.5. The first kappa shape index (κ1) is 16.7. The maximum Gasteiger partial charge on any atom is 0.119 e. The van der Waals surface area contributed by atoms with Crippen molar-refractivity contribution in [1.29, 1.82) is 0 Å². The largest absolute Gasteiger partial charge is 0.491 e. The summed E-state index contributed by atoms with van der Waals surface area (Å²) in [5.74, 6) is 0.949. The van der Waals surface area contributed by atoms with Crippen molar-refractivity contribution >= 4 is 0 Å². The van der Waals surface area contributed by atoms with Gasteiger partial charge in [-0.25, -0.2) is 0 Å². The van der Waals surface area contributed by atoms with Gasteiger partial charge < -0.3 is 9.64 Å². The van der Waals surface area contributed by atoms with Crippen LogP contribution in [0.4, 0.5) is 0 Å². The Bertz CT molecular complexity index is 713. The number of nitrogens with zero attached hydrogens (tertiary/aromatic N) is 1. The quantitative estimate of drug-likeness (QED) is 0.771. The number of fused-ring (bicyclic) bond motifs is 1. The fourth-order valence-electron chi connectivity index (χ4n) is 4.33. The highest BCUT2D eigenvalue weighted by atomic mass is 16.5. The average Bonchev–Trinajstić information content (AvgIpc) is 3.16. The summed E-state index contributed by atoms with van der Waals surface area (Å²) >= 11 is 0. The van der Waals surface area contributed by atoms with Gasteiger partial charge in [0, 0.05) is 6.04 Å². The zero-order chi connectivity index (χ0) is 17.2. The van der Waals surface area contributed by atoms with E-state index in [1.165, 1.54) is 56.3 Å². The highest BCUT2D eigenvalue weighted by Crippen LogP contribution is 2.31. The van der Waals surface area contributed by atoms with Gasteiger partial charge in [0.05, 0.1) is 6.10 Å². The zero-order valence-electron chi connectivity index (χ0n) is 15.5. The van der Waals surface area contributed by atoms with Crippen molar-refractivity contribution in [2.75, 3.05) is 13.1 Å². The Balaban J connectivity index is 1.50. The Morgan fingerprint density at radius 3 is 2.36 bits per heavy atom. The Morgan fingerprint density at radius 1 is 0.920 bits per heavy atom. The van der Waals surface area contributed by atoms with Crippen molar-refractivity contribution in [3.63, 3.8) is 0 Å². The lowest BCUT2D eigenvalue weighted by molar-refractivity contribution is 0.222. The molecule has 25 heavy (non-hydrogen) atoms. The molecule has 4 rings (SSSR count). The molecule has 1 saturated heterocycles. The molecule has 2 aromatic carbocycles. The normalized spacial score (nSPS) is 20.7. The van der Waals surface area contributed by atoms with Crippen LogP contribution in [0.3, 0.4) is 0 Å². The Morgan fingerprint density at radius 2 is 1.64 bits per heavy atom. The number of ether oxygens (including phenoxy) is 1. The van der Waals surface area contributed by atoms with Crippen molar-refractivity contribution < 1.29 is 4.74 Å². The number of benzene rings is 2. The van der Waals surface area contributed by atoms with Crippen molar-refractivity contribution in [2.24, 2.45) is 0 Å². The van der Waals surface area contributed by atoms with E-state index >= 15 is 0 Å². The van der Waals surface area contributed by atoms with Crippen LogP contribution in [0.2, 0.25) is 0 Å². The van der Waals surface area contributed by atoms with E-state index in [2.05, 4.69) is 61.2 Å². The van der Waals surface area contributed by atoms with E-state index in [1.54, 1.807) is 11.1 Å². The van der Waals surface area contributed by atoms with Crippen LogP contribution in [0.25, 0.3) is 11.1 Å². The summed E-state index contributed by atoms with van der Waals surface area (Å²) < 4.78 is 5.75. The highest BCUT2D eigenvalue weighted by Gasteiger charge is 2.26. The lowest BCUT2D eigenvalue weighted by Gasteiger charge is -2.32. The number of hydrogen-bond acceptors (Lipinski definition) is 2. The minimum Gasteiger partial charge on any atom is -0.491 e. The number of rotatable bonds is 4. The summed E-state index contributed by atoms with van der Waals surface area (Å²) in [5.41, 5.74) is 5.72. The maximum atomic E-state index is 5.75. The van der Waals surface area contributed by atoms with Crippen molar-refractivity contribution in [1.82, 2.24) is 4.90 Å². The number of aryl methyl sites for hydroxylation is 1. The van der Waals surface area contributed by atoms with Crippen LogP contribution >= 0.6 is 0 Å². The van der Waals surface area contributed by atoms with Gasteiger partial charge in [-0.1, -0.05) is 30.3 Å². The molecular weight excluding hydrogens is 306 g/mol. The first-order valence-corrected chi connectivity index (χ1v) is 9.82. The molecule has 0 aromatic heterocycles. The van der Waals surface area contributed by atoms with E-state index in [-0.39, 0.29) is 6.10 Å². The van der Waals surface area contributed by atoms with E-state index < -0.39 is 0 Å². The molecule has 0 N–H and O–H groups in total. The Hall–Kier alpha value is -1.80. The van der Waals surface area contributed by atoms with Crippen LogP contribution in [0, 0.1) is 0 Å². The molecular formula is C23H29NO. The van der Waals surface area contributed by atoms with Gasteiger partial charge in [-0.05, 0) is 93.4 Å². The van der Waals surface area contributed by atoms with Gasteiger partial charge in [0.25, 0.3) is 0 Å². The SMILES string of the molecule is CC(C)Oc1ccc(-c2ccc3c(c2)CCC(N2CCCC2)C3)cc1. The molecule has 2 nitrogen and oxygen atoms in total. The topological polar surface area (TPSA) is 12.5 Å². The van der Waals surface area contributed by atoms with Crippen molar-refractivity contribution in [3.05, 3.63) is 53.6 Å². The fraction of sp³-hybridized carbons (Fsp3) is 0.478. The van der Waals surface area contributed by atoms with Gasteiger partial charge in [-0.3, -0.25) is 0 Å². The second-order valence-electron chi connectivity index (χ2n) is 7.81. The molecule has 2 aliphatic rings. The second kappa shape index (κ2) is 7.21. The van der Waals surface area contributed by atoms with Crippen LogP contribution in [0.15, 0.2) is 42.5 Å². The summed E-state index contributed by atoms with van der Waals surface area (Å²) in [6.07, 6.45) is 6.77. The average molecular weight is 335 g/mol. The van der Waals surface area contributed by atoms with Crippen LogP contribution in [-0.2, 0) is 12.8 Å². The molecule has 0 radical (unpaired) electrons. The van der Waals surface area contributed by atoms with Gasteiger partial charge in [-0.2, -0.15) is 0 Å². The van der Waals surface area contributed by atoms with E-state index in [0.717, 1.165) is 11.8 Å². The highest BCUT2D eigenvalue weighted by molar-refractivity contribution is 5.66. The molecule has 0 saturated carbocycles. The molecule has 0 spiro atoms. The molecule has 1 heterocycles. The second-order valence-corrected chi connectivity index (χ2v) is 7.81. The maximum absolute atomic E-state index is 5.75. The van der Waals surface area contributed by atoms with Crippen LogP contribution in [0.1, 0.15) is 44.2 Å². The lowest BCUT2D eigenvalue weighted by atomic mass is 9.85. The van der Waals surface area contributed by atoms with Gasteiger partial charge in [-0.15, -0.1) is 0 Å². The van der Waals surface area contributed by atoms with E-state index in [1.807, 2.05) is 0 Å². The molecule has 1 aliphatic heterocycles. The first-order chi connectivity index (χ1) is 12.2. The van der Waals surface area contributed by atoms with E-state index in [4.69, 9.17) is 4.74 Å². The third-order valence-electron chi connectivity index (χ3n) is 5.63. The molecule has 1 aliphatic carbocycles. The summed E-state index contributed by atoms with van der Waals surface area (Å²) in [4.78, 5) is 2.71. The van der Waals surface area contributed by atoms with Crippen LogP contribution in [0.5, 0.6) is 5.75 Å². The molecule has 1 unspecified atom stereocenters.